The number of hydrogen-bond acceptors (Lipinski definition) is 3. The minimum atomic E-state index is 0.324. The third kappa shape index (κ3) is 3.65. The minimum absolute atomic E-state index is 0.324. The molecule has 0 saturated heterocycles. The quantitative estimate of drug-likeness (QED) is 0.815. The van der Waals surface area contributed by atoms with Crippen molar-refractivity contribution in [1.29, 1.82) is 0 Å². The third-order valence-electron chi connectivity index (χ3n) is 4.74. The summed E-state index contributed by atoms with van der Waals surface area (Å²) in [5.74, 6) is 0. The van der Waals surface area contributed by atoms with Crippen molar-refractivity contribution in [3.63, 3.8) is 0 Å². The smallest absolute Gasteiger partial charge is 0.0359 e. The highest BCUT2D eigenvalue weighted by Gasteiger charge is 2.41. The summed E-state index contributed by atoms with van der Waals surface area (Å²) < 4.78 is 1.22. The molecule has 2 nitrogen and oxygen atoms in total. The van der Waals surface area contributed by atoms with Crippen molar-refractivity contribution in [1.82, 2.24) is 10.2 Å². The van der Waals surface area contributed by atoms with Gasteiger partial charge in [0.15, 0.2) is 0 Å². The van der Waals surface area contributed by atoms with Gasteiger partial charge in [-0.25, -0.2) is 0 Å². The zero-order valence-corrected chi connectivity index (χ0v) is 15.3. The van der Waals surface area contributed by atoms with E-state index in [-0.39, 0.29) is 0 Å². The van der Waals surface area contributed by atoms with Crippen LogP contribution in [-0.4, -0.2) is 37.1 Å². The standard InChI is InChI=1S/C16H27BrN2S/c1-4-18-15(11-14-10-13(17)12-20-14)16(19(2)3)8-6-5-7-9-16/h10,12,15,18H,4-9,11H2,1-3H3. The van der Waals surface area contributed by atoms with E-state index < -0.39 is 0 Å². The summed E-state index contributed by atoms with van der Waals surface area (Å²) in [6.07, 6.45) is 7.93. The lowest BCUT2D eigenvalue weighted by molar-refractivity contribution is 0.0578. The lowest BCUT2D eigenvalue weighted by atomic mass is 9.74. The van der Waals surface area contributed by atoms with Crippen LogP contribution in [0.5, 0.6) is 0 Å². The average molecular weight is 359 g/mol. The Morgan fingerprint density at radius 3 is 2.55 bits per heavy atom. The fourth-order valence-electron chi connectivity index (χ4n) is 3.63. The van der Waals surface area contributed by atoms with Crippen LogP contribution in [0.2, 0.25) is 0 Å². The molecule has 0 aromatic carbocycles. The first-order chi connectivity index (χ1) is 9.58. The maximum absolute atomic E-state index is 3.78. The molecule has 2 rings (SSSR count). The zero-order chi connectivity index (χ0) is 14.6. The van der Waals surface area contributed by atoms with Crippen LogP contribution in [0.3, 0.4) is 0 Å². The Labute approximate surface area is 136 Å². The first kappa shape index (κ1) is 16.5. The average Bonchev–Trinajstić information content (AvgIpc) is 2.84. The van der Waals surface area contributed by atoms with Crippen molar-refractivity contribution in [2.24, 2.45) is 0 Å². The molecule has 1 aromatic rings. The molecule has 4 heteroatoms. The molecule has 1 aromatic heterocycles. The number of hydrogen-bond donors (Lipinski definition) is 1. The molecule has 1 fully saturated rings. The summed E-state index contributed by atoms with van der Waals surface area (Å²) in [4.78, 5) is 3.97. The van der Waals surface area contributed by atoms with Gasteiger partial charge in [-0.05, 0) is 61.9 Å². The van der Waals surface area contributed by atoms with Gasteiger partial charge in [0.05, 0.1) is 0 Å². The molecule has 1 heterocycles. The highest BCUT2D eigenvalue weighted by Crippen LogP contribution is 2.37. The van der Waals surface area contributed by atoms with Crippen molar-refractivity contribution < 1.29 is 0 Å². The van der Waals surface area contributed by atoms with Crippen molar-refractivity contribution in [2.75, 3.05) is 20.6 Å². The summed E-state index contributed by atoms with van der Waals surface area (Å²) in [7, 11) is 4.53. The van der Waals surface area contributed by atoms with Crippen molar-refractivity contribution in [3.8, 4) is 0 Å². The molecule has 114 valence electrons. The predicted molar refractivity (Wildman–Crippen MR) is 92.7 cm³/mol. The van der Waals surface area contributed by atoms with Gasteiger partial charge in [0.25, 0.3) is 0 Å². The van der Waals surface area contributed by atoms with Gasteiger partial charge in [-0.3, -0.25) is 0 Å². The van der Waals surface area contributed by atoms with Gasteiger partial charge in [0.2, 0.25) is 0 Å². The van der Waals surface area contributed by atoms with E-state index in [2.05, 4.69) is 58.6 Å². The van der Waals surface area contributed by atoms with Crippen LogP contribution in [0.1, 0.15) is 43.9 Å². The molecule has 0 spiro atoms. The maximum Gasteiger partial charge on any atom is 0.0359 e. The van der Waals surface area contributed by atoms with Gasteiger partial charge in [0, 0.05) is 26.3 Å². The van der Waals surface area contributed by atoms with Crippen LogP contribution < -0.4 is 5.32 Å². The van der Waals surface area contributed by atoms with E-state index in [1.807, 2.05) is 11.3 Å². The summed E-state index contributed by atoms with van der Waals surface area (Å²) in [6.45, 7) is 3.27. The Balaban J connectivity index is 2.19. The van der Waals surface area contributed by atoms with E-state index in [1.165, 1.54) is 41.5 Å². The molecule has 0 aliphatic heterocycles. The second-order valence-corrected chi connectivity index (χ2v) is 8.02. The number of nitrogens with zero attached hydrogens (tertiary/aromatic N) is 1. The van der Waals surface area contributed by atoms with Crippen molar-refractivity contribution in [2.45, 2.75) is 57.0 Å². The Bertz CT molecular complexity index is 410. The lowest BCUT2D eigenvalue weighted by Gasteiger charge is -2.49. The van der Waals surface area contributed by atoms with Crippen molar-refractivity contribution >= 4 is 27.3 Å². The SMILES string of the molecule is CCNC(Cc1cc(Br)cs1)C1(N(C)C)CCCCC1. The predicted octanol–water partition coefficient (Wildman–Crippen LogP) is 4.30. The molecule has 1 aliphatic rings. The van der Waals surface area contributed by atoms with E-state index in [4.69, 9.17) is 0 Å². The van der Waals surface area contributed by atoms with Gasteiger partial charge in [-0.1, -0.05) is 26.2 Å². The van der Waals surface area contributed by atoms with Gasteiger partial charge >= 0.3 is 0 Å². The Kier molecular flexibility index (Phi) is 6.09. The van der Waals surface area contributed by atoms with E-state index in [9.17, 15) is 0 Å². The molecule has 0 amide bonds. The van der Waals surface area contributed by atoms with Crippen LogP contribution in [0.15, 0.2) is 15.9 Å². The van der Waals surface area contributed by atoms with E-state index in [0.29, 0.717) is 11.6 Å². The molecule has 1 atom stereocenters. The second-order valence-electron chi connectivity index (χ2n) is 6.10. The topological polar surface area (TPSA) is 15.3 Å². The number of nitrogens with one attached hydrogen (secondary N) is 1. The molecule has 1 saturated carbocycles. The molecular weight excluding hydrogens is 332 g/mol. The Morgan fingerprint density at radius 2 is 2.05 bits per heavy atom. The van der Waals surface area contributed by atoms with Gasteiger partial charge in [-0.2, -0.15) is 0 Å². The molecule has 1 aliphatic carbocycles. The largest absolute Gasteiger partial charge is 0.312 e. The summed E-state index contributed by atoms with van der Waals surface area (Å²) in [5.41, 5.74) is 0.324. The van der Waals surface area contributed by atoms with Crippen molar-refractivity contribution in [3.05, 3.63) is 20.8 Å². The van der Waals surface area contributed by atoms with Gasteiger partial charge in [0.1, 0.15) is 0 Å². The Morgan fingerprint density at radius 1 is 1.35 bits per heavy atom. The second kappa shape index (κ2) is 7.39. The van der Waals surface area contributed by atoms with Crippen LogP contribution in [0.4, 0.5) is 0 Å². The first-order valence-corrected chi connectivity index (χ1v) is 9.39. The highest BCUT2D eigenvalue weighted by atomic mass is 79.9. The van der Waals surface area contributed by atoms with Crippen LogP contribution in [-0.2, 0) is 6.42 Å². The van der Waals surface area contributed by atoms with Crippen LogP contribution in [0, 0.1) is 0 Å². The van der Waals surface area contributed by atoms with Crippen LogP contribution in [0.25, 0.3) is 0 Å². The molecule has 0 radical (unpaired) electrons. The third-order valence-corrected chi connectivity index (χ3v) is 6.46. The summed E-state index contributed by atoms with van der Waals surface area (Å²) in [5, 5.41) is 5.98. The zero-order valence-electron chi connectivity index (χ0n) is 12.9. The molecule has 20 heavy (non-hydrogen) atoms. The first-order valence-electron chi connectivity index (χ1n) is 7.72. The van der Waals surface area contributed by atoms with E-state index in [0.717, 1.165) is 13.0 Å². The van der Waals surface area contributed by atoms with E-state index >= 15 is 0 Å². The molecular formula is C16H27BrN2S. The Hall–Kier alpha value is 0.1000. The number of thiophene rings is 1. The van der Waals surface area contributed by atoms with Gasteiger partial charge < -0.3 is 10.2 Å². The summed E-state index contributed by atoms with van der Waals surface area (Å²) >= 11 is 5.45. The number of halogens is 1. The fraction of sp³-hybridized carbons (Fsp3) is 0.750. The lowest BCUT2D eigenvalue weighted by Crippen LogP contribution is -2.60. The highest BCUT2D eigenvalue weighted by molar-refractivity contribution is 9.10. The maximum atomic E-state index is 3.78. The minimum Gasteiger partial charge on any atom is -0.312 e. The molecule has 1 N–H and O–H groups in total. The normalized spacial score (nSPS) is 20.2. The van der Waals surface area contributed by atoms with E-state index in [1.54, 1.807) is 0 Å². The fourth-order valence-corrected chi connectivity index (χ4v) is 5.13. The monoisotopic (exact) mass is 358 g/mol. The number of rotatable bonds is 6. The van der Waals surface area contributed by atoms with Gasteiger partial charge in [-0.15, -0.1) is 11.3 Å². The number of likely N-dealkylation sites (N-methyl/N-ethyl adjacent to an activating group) is 2. The summed E-state index contributed by atoms with van der Waals surface area (Å²) in [6, 6.07) is 2.83. The molecule has 0 bridgehead atoms. The van der Waals surface area contributed by atoms with Crippen LogP contribution >= 0.6 is 27.3 Å². The molecule has 1 unspecified atom stereocenters.